The fraction of sp³-hybridized carbons (Fsp3) is 0.444. The monoisotopic (exact) mass is 448 g/mol. The molecule has 1 aliphatic heterocycles. The summed E-state index contributed by atoms with van der Waals surface area (Å²) < 4.78 is 5.98. The highest BCUT2D eigenvalue weighted by Crippen LogP contribution is 2.47. The van der Waals surface area contributed by atoms with Crippen LogP contribution in [0.5, 0.6) is 5.75 Å². The van der Waals surface area contributed by atoms with E-state index in [0.29, 0.717) is 17.9 Å². The van der Waals surface area contributed by atoms with Crippen molar-refractivity contribution in [3.63, 3.8) is 0 Å². The lowest BCUT2D eigenvalue weighted by atomic mass is 9.69. The van der Waals surface area contributed by atoms with E-state index in [1.54, 1.807) is 11.3 Å². The van der Waals surface area contributed by atoms with Crippen LogP contribution in [0.3, 0.4) is 0 Å². The molecule has 0 saturated heterocycles. The highest BCUT2D eigenvalue weighted by molar-refractivity contribution is 7.16. The molecular weight excluding hydrogens is 416 g/mol. The van der Waals surface area contributed by atoms with E-state index in [2.05, 4.69) is 49.6 Å². The quantitative estimate of drug-likeness (QED) is 0.457. The van der Waals surface area contributed by atoms with Gasteiger partial charge in [0.05, 0.1) is 12.2 Å². The molecule has 2 heterocycles. The van der Waals surface area contributed by atoms with Crippen LogP contribution in [0.1, 0.15) is 73.1 Å². The van der Waals surface area contributed by atoms with Gasteiger partial charge in [-0.2, -0.15) is 0 Å². The second-order valence-corrected chi connectivity index (χ2v) is 10.8. The van der Waals surface area contributed by atoms with Crippen molar-refractivity contribution in [2.45, 2.75) is 59.5 Å². The molecule has 1 aliphatic carbocycles. The maximum atomic E-state index is 13.4. The number of carbonyl (C=O) groups excluding carboxylic acids is 1. The zero-order valence-corrected chi connectivity index (χ0v) is 20.2. The summed E-state index contributed by atoms with van der Waals surface area (Å²) >= 11 is 1.78. The van der Waals surface area contributed by atoms with Crippen LogP contribution in [0.25, 0.3) is 10.8 Å². The lowest BCUT2D eigenvalue weighted by Crippen LogP contribution is -2.38. The number of anilines is 1. The average Bonchev–Trinajstić information content (AvgIpc) is 3.17. The molecule has 5 rings (SSSR count). The lowest BCUT2D eigenvalue weighted by Gasteiger charge is -2.36. The van der Waals surface area contributed by atoms with Crippen LogP contribution in [0, 0.1) is 11.3 Å². The fourth-order valence-corrected chi connectivity index (χ4v) is 6.61. The Morgan fingerprint density at radius 2 is 1.94 bits per heavy atom. The number of amides is 1. The number of hydrogen-bond donors (Lipinski definition) is 2. The van der Waals surface area contributed by atoms with Crippen LogP contribution in [0.4, 0.5) is 5.00 Å². The zero-order valence-electron chi connectivity index (χ0n) is 19.4. The zero-order chi connectivity index (χ0) is 22.5. The van der Waals surface area contributed by atoms with Crippen LogP contribution < -0.4 is 15.4 Å². The number of fused-ring (bicyclic) bond motifs is 4. The molecule has 32 heavy (non-hydrogen) atoms. The van der Waals surface area contributed by atoms with Crippen molar-refractivity contribution < 1.29 is 9.53 Å². The number of carbonyl (C=O) groups is 1. The molecule has 3 aromatic rings. The van der Waals surface area contributed by atoms with Crippen LogP contribution in [-0.4, -0.2) is 12.5 Å². The van der Waals surface area contributed by atoms with Gasteiger partial charge in [-0.3, -0.25) is 4.79 Å². The van der Waals surface area contributed by atoms with Crippen molar-refractivity contribution in [1.29, 1.82) is 0 Å². The summed E-state index contributed by atoms with van der Waals surface area (Å²) in [4.78, 5) is 14.7. The second-order valence-electron chi connectivity index (χ2n) is 9.67. The molecule has 4 nitrogen and oxygen atoms in total. The van der Waals surface area contributed by atoms with Crippen LogP contribution in [-0.2, 0) is 12.8 Å². The highest BCUT2D eigenvalue weighted by Gasteiger charge is 2.38. The molecule has 168 valence electrons. The van der Waals surface area contributed by atoms with Gasteiger partial charge in [-0.25, -0.2) is 0 Å². The molecular formula is C27H32N2O2S. The summed E-state index contributed by atoms with van der Waals surface area (Å²) in [6.07, 6.45) is 4.09. The maximum absolute atomic E-state index is 13.4. The van der Waals surface area contributed by atoms with E-state index in [1.165, 1.54) is 16.9 Å². The Balaban J connectivity index is 1.53. The van der Waals surface area contributed by atoms with Gasteiger partial charge in [-0.15, -0.1) is 11.3 Å². The molecule has 5 heteroatoms. The molecule has 2 aromatic carbocycles. The van der Waals surface area contributed by atoms with Gasteiger partial charge in [-0.05, 0) is 59.9 Å². The lowest BCUT2D eigenvalue weighted by molar-refractivity contribution is 0.0934. The number of rotatable bonds is 5. The van der Waals surface area contributed by atoms with Gasteiger partial charge in [0, 0.05) is 10.4 Å². The van der Waals surface area contributed by atoms with Crippen molar-refractivity contribution in [2.24, 2.45) is 11.3 Å². The Kier molecular flexibility index (Phi) is 5.40. The average molecular weight is 449 g/mol. The number of hydrogen-bond acceptors (Lipinski definition) is 4. The number of ether oxygens (including phenoxy) is 1. The Morgan fingerprint density at radius 1 is 1.12 bits per heavy atom. The van der Waals surface area contributed by atoms with Gasteiger partial charge in [0.2, 0.25) is 0 Å². The van der Waals surface area contributed by atoms with Crippen LogP contribution in [0.15, 0.2) is 36.4 Å². The first-order chi connectivity index (χ1) is 15.4. The number of thiophene rings is 1. The van der Waals surface area contributed by atoms with Crippen molar-refractivity contribution in [1.82, 2.24) is 5.32 Å². The first kappa shape index (κ1) is 21.3. The van der Waals surface area contributed by atoms with Gasteiger partial charge in [0.25, 0.3) is 5.91 Å². The topological polar surface area (TPSA) is 50.4 Å². The van der Waals surface area contributed by atoms with Crippen molar-refractivity contribution >= 4 is 33.0 Å². The third-order valence-electron chi connectivity index (χ3n) is 7.58. The molecule has 2 atom stereocenters. The molecule has 1 amide bonds. The summed E-state index contributed by atoms with van der Waals surface area (Å²) in [5.41, 5.74) is 3.46. The minimum Gasteiger partial charge on any atom is -0.493 e. The summed E-state index contributed by atoms with van der Waals surface area (Å²) in [6.45, 7) is 9.62. The Labute approximate surface area is 194 Å². The summed E-state index contributed by atoms with van der Waals surface area (Å²) in [7, 11) is 0. The predicted molar refractivity (Wildman–Crippen MR) is 133 cm³/mol. The Bertz CT molecular complexity index is 1180. The maximum Gasteiger partial charge on any atom is 0.256 e. The molecule has 2 aliphatic rings. The number of benzene rings is 2. The standard InChI is InChI=1S/C27H32N2O2S/c1-5-27(3,4)17-12-13-19-21(15-17)32-26-23(19)25(30)28-24(29-26)22-18-10-8-7-9-16(18)11-14-20(22)31-6-2/h7-11,14,17,24,29H,5-6,12-13,15H2,1-4H3,(H,28,30)/t17-,24+/m1/s1. The van der Waals surface area contributed by atoms with Crippen molar-refractivity contribution in [3.8, 4) is 5.75 Å². The van der Waals surface area contributed by atoms with Gasteiger partial charge in [0.15, 0.2) is 0 Å². The normalized spacial score (nSPS) is 20.3. The smallest absolute Gasteiger partial charge is 0.256 e. The minimum atomic E-state index is -0.314. The van der Waals surface area contributed by atoms with Gasteiger partial charge in [-0.1, -0.05) is 57.5 Å². The van der Waals surface area contributed by atoms with E-state index in [1.807, 2.05) is 25.1 Å². The van der Waals surface area contributed by atoms with Crippen LogP contribution >= 0.6 is 11.3 Å². The molecule has 0 unspecified atom stereocenters. The molecule has 1 aromatic heterocycles. The van der Waals surface area contributed by atoms with E-state index in [9.17, 15) is 4.79 Å². The third kappa shape index (κ3) is 3.47. The van der Waals surface area contributed by atoms with Crippen molar-refractivity contribution in [2.75, 3.05) is 11.9 Å². The Morgan fingerprint density at radius 3 is 2.72 bits per heavy atom. The molecule has 0 fully saturated rings. The molecule has 0 bridgehead atoms. The summed E-state index contributed by atoms with van der Waals surface area (Å²) in [5.74, 6) is 1.52. The number of nitrogens with one attached hydrogen (secondary N) is 2. The van der Waals surface area contributed by atoms with E-state index in [-0.39, 0.29) is 12.1 Å². The van der Waals surface area contributed by atoms with E-state index in [0.717, 1.165) is 51.9 Å². The minimum absolute atomic E-state index is 0.0323. The molecule has 0 saturated carbocycles. The summed E-state index contributed by atoms with van der Waals surface area (Å²) in [5, 5.41) is 10.2. The van der Waals surface area contributed by atoms with Gasteiger partial charge < -0.3 is 15.4 Å². The van der Waals surface area contributed by atoms with E-state index in [4.69, 9.17) is 4.74 Å². The van der Waals surface area contributed by atoms with Gasteiger partial charge in [0.1, 0.15) is 16.9 Å². The Hall–Kier alpha value is -2.53. The van der Waals surface area contributed by atoms with E-state index >= 15 is 0 Å². The highest BCUT2D eigenvalue weighted by atomic mass is 32.1. The van der Waals surface area contributed by atoms with Gasteiger partial charge >= 0.3 is 0 Å². The largest absolute Gasteiger partial charge is 0.493 e. The molecule has 0 radical (unpaired) electrons. The predicted octanol–water partition coefficient (Wildman–Crippen LogP) is 6.70. The third-order valence-corrected chi connectivity index (χ3v) is 8.76. The molecule has 2 N–H and O–H groups in total. The first-order valence-corrected chi connectivity index (χ1v) is 12.6. The fourth-order valence-electron chi connectivity index (χ4n) is 5.25. The summed E-state index contributed by atoms with van der Waals surface area (Å²) in [6, 6.07) is 12.4. The van der Waals surface area contributed by atoms with Crippen molar-refractivity contribution in [3.05, 3.63) is 58.0 Å². The molecule has 0 spiro atoms. The second kappa shape index (κ2) is 8.11. The SMILES string of the molecule is CCOc1ccc2ccccc2c1[C@H]1NC(=O)c2c(sc3c2CC[C@@H](C(C)(C)CC)C3)N1. The van der Waals surface area contributed by atoms with Crippen LogP contribution in [0.2, 0.25) is 0 Å². The first-order valence-electron chi connectivity index (χ1n) is 11.8. The van der Waals surface area contributed by atoms with E-state index < -0.39 is 0 Å².